The molecule has 0 aliphatic carbocycles. The molecule has 0 radical (unpaired) electrons. The van der Waals surface area contributed by atoms with Gasteiger partial charge in [-0.1, -0.05) is 27.7 Å². The lowest BCUT2D eigenvalue weighted by atomic mass is 9.86. The van der Waals surface area contributed by atoms with Crippen LogP contribution in [0.15, 0.2) is 0 Å². The second kappa shape index (κ2) is 8.35. The van der Waals surface area contributed by atoms with Crippen molar-refractivity contribution < 1.29 is 0 Å². The van der Waals surface area contributed by atoms with Crippen LogP contribution in [0, 0.1) is 11.3 Å². The fraction of sp³-hybridized carbons (Fsp3) is 1.00. The molecule has 1 N–H and O–H groups in total. The summed E-state index contributed by atoms with van der Waals surface area (Å²) in [6.07, 6.45) is 3.95. The molecule has 20 heavy (non-hydrogen) atoms. The summed E-state index contributed by atoms with van der Waals surface area (Å²) >= 11 is 0. The van der Waals surface area contributed by atoms with Crippen LogP contribution < -0.4 is 5.32 Å². The highest BCUT2D eigenvalue weighted by Gasteiger charge is 2.28. The number of likely N-dealkylation sites (tertiary alicyclic amines) is 1. The first-order chi connectivity index (χ1) is 9.36. The lowest BCUT2D eigenvalue weighted by molar-refractivity contribution is 0.0900. The molecule has 1 aliphatic rings. The van der Waals surface area contributed by atoms with E-state index < -0.39 is 0 Å². The Morgan fingerprint density at radius 2 is 2.10 bits per heavy atom. The largest absolute Gasteiger partial charge is 0.316 e. The number of hydrogen-bond acceptors (Lipinski definition) is 3. The molecule has 0 aromatic rings. The molecule has 0 spiro atoms. The molecular formula is C17H37N3. The number of hydrogen-bond donors (Lipinski definition) is 1. The van der Waals surface area contributed by atoms with Gasteiger partial charge >= 0.3 is 0 Å². The zero-order valence-electron chi connectivity index (χ0n) is 14.7. The summed E-state index contributed by atoms with van der Waals surface area (Å²) in [5, 5.41) is 3.66. The van der Waals surface area contributed by atoms with Gasteiger partial charge in [-0.3, -0.25) is 0 Å². The third kappa shape index (κ3) is 6.11. The van der Waals surface area contributed by atoms with Crippen molar-refractivity contribution in [3.05, 3.63) is 0 Å². The second-order valence-electron chi connectivity index (χ2n) is 7.66. The molecule has 0 aromatic carbocycles. The van der Waals surface area contributed by atoms with E-state index in [9.17, 15) is 0 Å². The molecule has 0 amide bonds. The molecule has 0 aromatic heterocycles. The van der Waals surface area contributed by atoms with Crippen molar-refractivity contribution in [2.45, 2.75) is 53.0 Å². The average Bonchev–Trinajstić information content (AvgIpc) is 2.38. The normalized spacial score (nSPS) is 24.3. The highest BCUT2D eigenvalue weighted by atomic mass is 15.2. The highest BCUT2D eigenvalue weighted by molar-refractivity contribution is 4.84. The third-order valence-corrected chi connectivity index (χ3v) is 4.81. The van der Waals surface area contributed by atoms with Gasteiger partial charge in [0.1, 0.15) is 0 Å². The van der Waals surface area contributed by atoms with E-state index in [1.165, 1.54) is 38.9 Å². The lowest BCUT2D eigenvalue weighted by Crippen LogP contribution is -2.50. The van der Waals surface area contributed by atoms with Gasteiger partial charge in [0, 0.05) is 25.7 Å². The standard InChI is InChI=1S/C17H37N3/c1-7-17(4,13-18-11-15(2)3)14-20(6)16-9-8-10-19(5)12-16/h15-16,18H,7-14H2,1-6H3. The minimum atomic E-state index is 0.389. The Bertz CT molecular complexity index is 267. The van der Waals surface area contributed by atoms with Crippen molar-refractivity contribution in [3.8, 4) is 0 Å². The minimum absolute atomic E-state index is 0.389. The van der Waals surface area contributed by atoms with Gasteiger partial charge in [0.05, 0.1) is 0 Å². The number of nitrogens with zero attached hydrogens (tertiary/aromatic N) is 2. The molecule has 3 heteroatoms. The summed E-state index contributed by atoms with van der Waals surface area (Å²) in [4.78, 5) is 5.08. The molecule has 0 bridgehead atoms. The quantitative estimate of drug-likeness (QED) is 0.739. The SMILES string of the molecule is CCC(C)(CNCC(C)C)CN(C)C1CCCN(C)C1. The molecule has 1 fully saturated rings. The van der Waals surface area contributed by atoms with Gasteiger partial charge in [0.25, 0.3) is 0 Å². The van der Waals surface area contributed by atoms with Crippen LogP contribution in [-0.2, 0) is 0 Å². The molecule has 1 saturated heterocycles. The Morgan fingerprint density at radius 3 is 2.65 bits per heavy atom. The fourth-order valence-corrected chi connectivity index (χ4v) is 3.19. The van der Waals surface area contributed by atoms with Crippen LogP contribution in [0.25, 0.3) is 0 Å². The number of likely N-dealkylation sites (N-methyl/N-ethyl adjacent to an activating group) is 2. The van der Waals surface area contributed by atoms with Crippen molar-refractivity contribution in [2.75, 3.05) is 46.8 Å². The van der Waals surface area contributed by atoms with Crippen LogP contribution in [0.1, 0.15) is 47.0 Å². The first-order valence-electron chi connectivity index (χ1n) is 8.46. The zero-order valence-corrected chi connectivity index (χ0v) is 14.7. The van der Waals surface area contributed by atoms with Crippen LogP contribution >= 0.6 is 0 Å². The number of piperidine rings is 1. The molecular weight excluding hydrogens is 246 g/mol. The molecule has 2 unspecified atom stereocenters. The van der Waals surface area contributed by atoms with Crippen LogP contribution in [-0.4, -0.2) is 62.7 Å². The first kappa shape index (κ1) is 17.9. The molecule has 1 rings (SSSR count). The maximum Gasteiger partial charge on any atom is 0.0220 e. The second-order valence-corrected chi connectivity index (χ2v) is 7.66. The van der Waals surface area contributed by atoms with Crippen LogP contribution in [0.3, 0.4) is 0 Å². The van der Waals surface area contributed by atoms with Crippen LogP contribution in [0.4, 0.5) is 0 Å². The van der Waals surface area contributed by atoms with Gasteiger partial charge in [-0.05, 0) is 57.8 Å². The lowest BCUT2D eigenvalue weighted by Gasteiger charge is -2.41. The Labute approximate surface area is 127 Å². The Morgan fingerprint density at radius 1 is 1.40 bits per heavy atom. The molecule has 1 heterocycles. The zero-order chi connectivity index (χ0) is 15.2. The van der Waals surface area contributed by atoms with Gasteiger partial charge < -0.3 is 15.1 Å². The summed E-state index contributed by atoms with van der Waals surface area (Å²) in [5.41, 5.74) is 0.389. The van der Waals surface area contributed by atoms with E-state index in [-0.39, 0.29) is 0 Å². The van der Waals surface area contributed by atoms with Crippen molar-refractivity contribution in [1.82, 2.24) is 15.1 Å². The van der Waals surface area contributed by atoms with E-state index in [0.29, 0.717) is 5.41 Å². The number of rotatable bonds is 8. The van der Waals surface area contributed by atoms with Gasteiger partial charge in [-0.2, -0.15) is 0 Å². The Balaban J connectivity index is 2.44. The third-order valence-electron chi connectivity index (χ3n) is 4.81. The molecule has 0 saturated carbocycles. The summed E-state index contributed by atoms with van der Waals surface area (Å²) < 4.78 is 0. The maximum absolute atomic E-state index is 3.66. The van der Waals surface area contributed by atoms with Gasteiger partial charge in [0.15, 0.2) is 0 Å². The van der Waals surface area contributed by atoms with E-state index in [4.69, 9.17) is 0 Å². The topological polar surface area (TPSA) is 18.5 Å². The van der Waals surface area contributed by atoms with Crippen molar-refractivity contribution in [3.63, 3.8) is 0 Å². The summed E-state index contributed by atoms with van der Waals surface area (Å²) in [5.74, 6) is 0.737. The van der Waals surface area contributed by atoms with Gasteiger partial charge in [-0.15, -0.1) is 0 Å². The van der Waals surface area contributed by atoms with Crippen molar-refractivity contribution in [2.24, 2.45) is 11.3 Å². The predicted molar refractivity (Wildman–Crippen MR) is 89.3 cm³/mol. The van der Waals surface area contributed by atoms with Gasteiger partial charge in [-0.25, -0.2) is 0 Å². The van der Waals surface area contributed by atoms with Gasteiger partial charge in [0.2, 0.25) is 0 Å². The van der Waals surface area contributed by atoms with E-state index in [0.717, 1.165) is 25.0 Å². The van der Waals surface area contributed by atoms with E-state index in [1.807, 2.05) is 0 Å². The van der Waals surface area contributed by atoms with Crippen LogP contribution in [0.2, 0.25) is 0 Å². The monoisotopic (exact) mass is 283 g/mol. The Kier molecular flexibility index (Phi) is 7.49. The van der Waals surface area contributed by atoms with E-state index in [1.54, 1.807) is 0 Å². The highest BCUT2D eigenvalue weighted by Crippen LogP contribution is 2.24. The first-order valence-corrected chi connectivity index (χ1v) is 8.46. The molecule has 1 aliphatic heterocycles. The Hall–Kier alpha value is -0.120. The maximum atomic E-state index is 3.66. The fourth-order valence-electron chi connectivity index (χ4n) is 3.19. The van der Waals surface area contributed by atoms with E-state index >= 15 is 0 Å². The van der Waals surface area contributed by atoms with Crippen molar-refractivity contribution >= 4 is 0 Å². The summed E-state index contributed by atoms with van der Waals surface area (Å²) in [6, 6.07) is 0.740. The molecule has 3 nitrogen and oxygen atoms in total. The predicted octanol–water partition coefficient (Wildman–Crippen LogP) is 2.67. The van der Waals surface area contributed by atoms with Crippen LogP contribution in [0.5, 0.6) is 0 Å². The molecule has 2 atom stereocenters. The molecule has 120 valence electrons. The average molecular weight is 284 g/mol. The number of nitrogens with one attached hydrogen (secondary N) is 1. The van der Waals surface area contributed by atoms with E-state index in [2.05, 4.69) is 56.9 Å². The smallest absolute Gasteiger partial charge is 0.0220 e. The minimum Gasteiger partial charge on any atom is -0.316 e. The summed E-state index contributed by atoms with van der Waals surface area (Å²) in [6.45, 7) is 15.3. The summed E-state index contributed by atoms with van der Waals surface area (Å²) in [7, 11) is 4.57. The van der Waals surface area contributed by atoms with Crippen molar-refractivity contribution in [1.29, 1.82) is 0 Å².